The Bertz CT molecular complexity index is 390. The van der Waals surface area contributed by atoms with Gasteiger partial charge in [0.2, 0.25) is 0 Å². The molecule has 0 unspecified atom stereocenters. The van der Waals surface area contributed by atoms with Crippen LogP contribution in [0.25, 0.3) is 0 Å². The maximum absolute atomic E-state index is 9.67. The standard InChI is InChI=1S/C10H11BrN2O/c1-6-4-9(13-12-6)8-5-7(11)2-3-10(8)14/h2-3,5,9,13-14H,4H2,1H3/t9-/m1/s1. The predicted octanol–water partition coefficient (Wildman–Crippen LogP) is 2.57. The Hall–Kier alpha value is -1.03. The largest absolute Gasteiger partial charge is 0.508 e. The van der Waals surface area contributed by atoms with Crippen molar-refractivity contribution in [3.8, 4) is 5.75 Å². The highest BCUT2D eigenvalue weighted by molar-refractivity contribution is 9.10. The summed E-state index contributed by atoms with van der Waals surface area (Å²) in [6.45, 7) is 1.97. The molecule has 1 aliphatic heterocycles. The monoisotopic (exact) mass is 254 g/mol. The molecule has 0 spiro atoms. The van der Waals surface area contributed by atoms with E-state index in [0.29, 0.717) is 5.75 Å². The van der Waals surface area contributed by atoms with E-state index in [0.717, 1.165) is 22.2 Å². The van der Waals surface area contributed by atoms with Gasteiger partial charge in [0.05, 0.1) is 6.04 Å². The summed E-state index contributed by atoms with van der Waals surface area (Å²) in [5.41, 5.74) is 4.95. The number of rotatable bonds is 1. The lowest BCUT2D eigenvalue weighted by Crippen LogP contribution is -2.09. The van der Waals surface area contributed by atoms with Gasteiger partial charge in [-0.2, -0.15) is 5.10 Å². The van der Waals surface area contributed by atoms with Crippen LogP contribution in [0.3, 0.4) is 0 Å². The molecule has 74 valence electrons. The first-order valence-electron chi connectivity index (χ1n) is 4.44. The average Bonchev–Trinajstić information content (AvgIpc) is 2.56. The third-order valence-corrected chi connectivity index (χ3v) is 2.77. The first-order chi connectivity index (χ1) is 6.66. The summed E-state index contributed by atoms with van der Waals surface area (Å²) in [6, 6.07) is 5.53. The van der Waals surface area contributed by atoms with Crippen LogP contribution in [0.2, 0.25) is 0 Å². The molecule has 1 aliphatic rings. The van der Waals surface area contributed by atoms with Gasteiger partial charge in [0.1, 0.15) is 5.75 Å². The van der Waals surface area contributed by atoms with E-state index >= 15 is 0 Å². The first kappa shape index (κ1) is 9.52. The van der Waals surface area contributed by atoms with Crippen molar-refractivity contribution in [2.24, 2.45) is 5.10 Å². The maximum atomic E-state index is 9.67. The van der Waals surface area contributed by atoms with E-state index in [4.69, 9.17) is 0 Å². The van der Waals surface area contributed by atoms with Crippen LogP contribution in [0.4, 0.5) is 0 Å². The Labute approximate surface area is 91.0 Å². The number of benzene rings is 1. The molecule has 2 N–H and O–H groups in total. The van der Waals surface area contributed by atoms with Crippen LogP contribution >= 0.6 is 15.9 Å². The zero-order valence-electron chi connectivity index (χ0n) is 7.79. The molecule has 0 radical (unpaired) electrons. The van der Waals surface area contributed by atoms with Gasteiger partial charge in [-0.15, -0.1) is 0 Å². The van der Waals surface area contributed by atoms with Gasteiger partial charge in [0.25, 0.3) is 0 Å². The minimum absolute atomic E-state index is 0.104. The minimum Gasteiger partial charge on any atom is -0.508 e. The number of hydrogen-bond acceptors (Lipinski definition) is 3. The Morgan fingerprint density at radius 3 is 3.00 bits per heavy atom. The van der Waals surface area contributed by atoms with Gasteiger partial charge < -0.3 is 10.5 Å². The van der Waals surface area contributed by atoms with Crippen LogP contribution in [0, 0.1) is 0 Å². The molecule has 1 atom stereocenters. The topological polar surface area (TPSA) is 44.6 Å². The van der Waals surface area contributed by atoms with Gasteiger partial charge in [-0.05, 0) is 25.1 Å². The number of hydrazone groups is 1. The maximum Gasteiger partial charge on any atom is 0.120 e. The van der Waals surface area contributed by atoms with E-state index in [9.17, 15) is 5.11 Å². The van der Waals surface area contributed by atoms with Crippen molar-refractivity contribution in [3.63, 3.8) is 0 Å². The van der Waals surface area contributed by atoms with Gasteiger partial charge in [0.15, 0.2) is 0 Å². The fraction of sp³-hybridized carbons (Fsp3) is 0.300. The molecule has 0 fully saturated rings. The van der Waals surface area contributed by atoms with Crippen LogP contribution in [-0.4, -0.2) is 10.8 Å². The molecule has 1 heterocycles. The highest BCUT2D eigenvalue weighted by Gasteiger charge is 2.20. The molecule has 14 heavy (non-hydrogen) atoms. The quantitative estimate of drug-likeness (QED) is 0.810. The number of nitrogens with zero attached hydrogens (tertiary/aromatic N) is 1. The molecule has 0 aromatic heterocycles. The predicted molar refractivity (Wildman–Crippen MR) is 59.4 cm³/mol. The van der Waals surface area contributed by atoms with Gasteiger partial charge in [0, 0.05) is 22.2 Å². The molecule has 2 rings (SSSR count). The number of halogens is 1. The number of phenolic OH excluding ortho intramolecular Hbond substituents is 1. The lowest BCUT2D eigenvalue weighted by Gasteiger charge is -2.12. The summed E-state index contributed by atoms with van der Waals surface area (Å²) in [7, 11) is 0. The van der Waals surface area contributed by atoms with E-state index in [2.05, 4.69) is 26.5 Å². The van der Waals surface area contributed by atoms with Crippen LogP contribution in [0.5, 0.6) is 5.75 Å². The number of phenols is 1. The smallest absolute Gasteiger partial charge is 0.120 e. The SMILES string of the molecule is CC1=NN[C@@H](c2cc(Br)ccc2O)C1. The molecule has 4 heteroatoms. The highest BCUT2D eigenvalue weighted by atomic mass is 79.9. The van der Waals surface area contributed by atoms with E-state index in [1.165, 1.54) is 0 Å². The van der Waals surface area contributed by atoms with Gasteiger partial charge >= 0.3 is 0 Å². The Kier molecular flexibility index (Phi) is 2.46. The molecule has 3 nitrogen and oxygen atoms in total. The summed E-state index contributed by atoms with van der Waals surface area (Å²) >= 11 is 3.38. The van der Waals surface area contributed by atoms with Crippen LogP contribution in [-0.2, 0) is 0 Å². The molecule has 0 aliphatic carbocycles. The summed E-state index contributed by atoms with van der Waals surface area (Å²) < 4.78 is 0.969. The fourth-order valence-electron chi connectivity index (χ4n) is 1.56. The Morgan fingerprint density at radius 1 is 1.57 bits per heavy atom. The van der Waals surface area contributed by atoms with Crippen LogP contribution in [0.1, 0.15) is 24.9 Å². The lowest BCUT2D eigenvalue weighted by molar-refractivity contribution is 0.455. The summed E-state index contributed by atoms with van der Waals surface area (Å²) in [5, 5.41) is 13.8. The highest BCUT2D eigenvalue weighted by Crippen LogP contribution is 2.31. The molecule has 0 saturated carbocycles. The van der Waals surface area contributed by atoms with Crippen molar-refractivity contribution in [2.45, 2.75) is 19.4 Å². The number of nitrogens with one attached hydrogen (secondary N) is 1. The second kappa shape index (κ2) is 3.61. The first-order valence-corrected chi connectivity index (χ1v) is 5.23. The van der Waals surface area contributed by atoms with E-state index < -0.39 is 0 Å². The van der Waals surface area contributed by atoms with E-state index in [1.807, 2.05) is 19.1 Å². The zero-order valence-corrected chi connectivity index (χ0v) is 9.37. The Balaban J connectivity index is 2.28. The van der Waals surface area contributed by atoms with Crippen LogP contribution in [0.15, 0.2) is 27.8 Å². The van der Waals surface area contributed by atoms with Crippen molar-refractivity contribution >= 4 is 21.6 Å². The third-order valence-electron chi connectivity index (χ3n) is 2.28. The summed E-state index contributed by atoms with van der Waals surface area (Å²) in [5.74, 6) is 0.315. The van der Waals surface area contributed by atoms with E-state index in [1.54, 1.807) is 6.07 Å². The molecule has 0 amide bonds. The second-order valence-corrected chi connectivity index (χ2v) is 4.35. The third kappa shape index (κ3) is 1.75. The molecule has 0 bridgehead atoms. The Morgan fingerprint density at radius 2 is 2.36 bits per heavy atom. The van der Waals surface area contributed by atoms with Gasteiger partial charge in [-0.25, -0.2) is 0 Å². The molecular formula is C10H11BrN2O. The lowest BCUT2D eigenvalue weighted by atomic mass is 10.0. The van der Waals surface area contributed by atoms with Crippen molar-refractivity contribution < 1.29 is 5.11 Å². The molecular weight excluding hydrogens is 244 g/mol. The van der Waals surface area contributed by atoms with Crippen molar-refractivity contribution in [1.82, 2.24) is 5.43 Å². The average molecular weight is 255 g/mol. The van der Waals surface area contributed by atoms with E-state index in [-0.39, 0.29) is 6.04 Å². The molecule has 1 aromatic rings. The normalized spacial score (nSPS) is 20.4. The van der Waals surface area contributed by atoms with Gasteiger partial charge in [-0.3, -0.25) is 0 Å². The van der Waals surface area contributed by atoms with Crippen LogP contribution < -0.4 is 5.43 Å². The number of aromatic hydroxyl groups is 1. The zero-order chi connectivity index (χ0) is 10.1. The fourth-order valence-corrected chi connectivity index (χ4v) is 1.94. The second-order valence-electron chi connectivity index (χ2n) is 3.44. The number of hydrogen-bond donors (Lipinski definition) is 2. The molecule has 1 aromatic carbocycles. The summed E-state index contributed by atoms with van der Waals surface area (Å²) in [4.78, 5) is 0. The minimum atomic E-state index is 0.104. The molecule has 0 saturated heterocycles. The van der Waals surface area contributed by atoms with Crippen molar-refractivity contribution in [2.75, 3.05) is 0 Å². The van der Waals surface area contributed by atoms with Crippen molar-refractivity contribution in [3.05, 3.63) is 28.2 Å². The van der Waals surface area contributed by atoms with Gasteiger partial charge in [-0.1, -0.05) is 15.9 Å². The summed E-state index contributed by atoms with van der Waals surface area (Å²) in [6.07, 6.45) is 0.851. The van der Waals surface area contributed by atoms with Crippen molar-refractivity contribution in [1.29, 1.82) is 0 Å².